The van der Waals surface area contributed by atoms with Gasteiger partial charge in [-0.15, -0.1) is 11.8 Å². The summed E-state index contributed by atoms with van der Waals surface area (Å²) in [7, 11) is 0. The zero-order valence-corrected chi connectivity index (χ0v) is 13.4. The van der Waals surface area contributed by atoms with E-state index in [4.69, 9.17) is 0 Å². The first kappa shape index (κ1) is 14.9. The maximum atomic E-state index is 3.71. The fraction of sp³-hybridized carbons (Fsp3) is 0.647. The predicted molar refractivity (Wildman–Crippen MR) is 86.1 cm³/mol. The molecule has 0 heterocycles. The van der Waals surface area contributed by atoms with Gasteiger partial charge in [0.05, 0.1) is 0 Å². The van der Waals surface area contributed by atoms with Gasteiger partial charge in [0.25, 0.3) is 0 Å². The zero-order valence-electron chi connectivity index (χ0n) is 12.5. The molecule has 1 nitrogen and oxygen atoms in total. The van der Waals surface area contributed by atoms with Crippen LogP contribution in [0.25, 0.3) is 0 Å². The van der Waals surface area contributed by atoms with E-state index in [0.717, 1.165) is 11.8 Å². The number of hydrogen-bond donors (Lipinski definition) is 1. The van der Waals surface area contributed by atoms with Gasteiger partial charge < -0.3 is 5.32 Å². The minimum Gasteiger partial charge on any atom is -0.313 e. The predicted octanol–water partition coefficient (Wildman–Crippen LogP) is 4.71. The van der Waals surface area contributed by atoms with Crippen molar-refractivity contribution >= 4 is 11.8 Å². The molecule has 106 valence electrons. The molecular formula is C17H27NS. The van der Waals surface area contributed by atoms with Crippen LogP contribution in [0.5, 0.6) is 0 Å². The molecule has 1 aromatic rings. The van der Waals surface area contributed by atoms with E-state index in [1.54, 1.807) is 0 Å². The Morgan fingerprint density at radius 3 is 2.74 bits per heavy atom. The van der Waals surface area contributed by atoms with Gasteiger partial charge in [0, 0.05) is 16.2 Å². The van der Waals surface area contributed by atoms with Gasteiger partial charge in [-0.1, -0.05) is 43.9 Å². The summed E-state index contributed by atoms with van der Waals surface area (Å²) < 4.78 is 0. The van der Waals surface area contributed by atoms with Crippen LogP contribution in [0.2, 0.25) is 0 Å². The van der Waals surface area contributed by atoms with Crippen molar-refractivity contribution in [2.24, 2.45) is 0 Å². The standard InChI is InChI=1S/C17H27NS/c1-4-18-15-8-6-5-7-9-16(15)19-17-12-13(2)10-11-14(17)3/h10-12,15-16,18H,4-9H2,1-3H3. The van der Waals surface area contributed by atoms with Gasteiger partial charge in [-0.25, -0.2) is 0 Å². The number of aryl methyl sites for hydroxylation is 2. The lowest BCUT2D eigenvalue weighted by Crippen LogP contribution is -2.37. The lowest BCUT2D eigenvalue weighted by Gasteiger charge is -2.26. The lowest BCUT2D eigenvalue weighted by molar-refractivity contribution is 0.482. The van der Waals surface area contributed by atoms with Crippen LogP contribution in [0.15, 0.2) is 23.1 Å². The van der Waals surface area contributed by atoms with E-state index in [9.17, 15) is 0 Å². The Morgan fingerprint density at radius 1 is 1.16 bits per heavy atom. The number of nitrogens with one attached hydrogen (secondary N) is 1. The highest BCUT2D eigenvalue weighted by Gasteiger charge is 2.24. The molecule has 0 amide bonds. The van der Waals surface area contributed by atoms with Crippen LogP contribution in [-0.2, 0) is 0 Å². The SMILES string of the molecule is CCNC1CCCCCC1Sc1cc(C)ccc1C. The van der Waals surface area contributed by atoms with E-state index in [-0.39, 0.29) is 0 Å². The molecule has 0 radical (unpaired) electrons. The molecule has 1 fully saturated rings. The minimum absolute atomic E-state index is 0.692. The summed E-state index contributed by atoms with van der Waals surface area (Å²) in [6.45, 7) is 7.75. The molecule has 1 aliphatic rings. The number of hydrogen-bond acceptors (Lipinski definition) is 2. The first-order valence-corrected chi connectivity index (χ1v) is 8.56. The van der Waals surface area contributed by atoms with E-state index in [2.05, 4.69) is 56.0 Å². The topological polar surface area (TPSA) is 12.0 Å². The first-order chi connectivity index (χ1) is 9.20. The Morgan fingerprint density at radius 2 is 1.95 bits per heavy atom. The van der Waals surface area contributed by atoms with Crippen LogP contribution < -0.4 is 5.32 Å². The molecule has 0 aromatic heterocycles. The molecule has 1 N–H and O–H groups in total. The van der Waals surface area contributed by atoms with Gasteiger partial charge in [-0.3, -0.25) is 0 Å². The molecular weight excluding hydrogens is 250 g/mol. The second-order valence-electron chi connectivity index (χ2n) is 5.73. The second-order valence-corrected chi connectivity index (χ2v) is 7.01. The van der Waals surface area contributed by atoms with Crippen LogP contribution in [0.3, 0.4) is 0 Å². The van der Waals surface area contributed by atoms with Crippen LogP contribution in [0.1, 0.15) is 50.2 Å². The Labute approximate surface area is 122 Å². The zero-order chi connectivity index (χ0) is 13.7. The highest BCUT2D eigenvalue weighted by Crippen LogP contribution is 2.35. The molecule has 2 unspecified atom stereocenters. The normalized spacial score (nSPS) is 24.2. The summed E-state index contributed by atoms with van der Waals surface area (Å²) in [5.41, 5.74) is 2.80. The quantitative estimate of drug-likeness (QED) is 0.800. The molecule has 2 rings (SSSR count). The molecule has 2 heteroatoms. The third-order valence-corrected chi connectivity index (χ3v) is 5.60. The van der Waals surface area contributed by atoms with Crippen LogP contribution in [0, 0.1) is 13.8 Å². The molecule has 1 aromatic carbocycles. The van der Waals surface area contributed by atoms with Crippen molar-refractivity contribution in [2.45, 2.75) is 69.1 Å². The molecule has 1 saturated carbocycles. The van der Waals surface area contributed by atoms with Gasteiger partial charge in [-0.2, -0.15) is 0 Å². The summed E-state index contributed by atoms with van der Waals surface area (Å²) in [5, 5.41) is 4.45. The molecule has 0 bridgehead atoms. The summed E-state index contributed by atoms with van der Waals surface area (Å²) >= 11 is 2.10. The first-order valence-electron chi connectivity index (χ1n) is 7.68. The molecule has 2 atom stereocenters. The van der Waals surface area contributed by atoms with Crippen molar-refractivity contribution in [1.82, 2.24) is 5.32 Å². The van der Waals surface area contributed by atoms with E-state index < -0.39 is 0 Å². The summed E-state index contributed by atoms with van der Waals surface area (Å²) in [6.07, 6.45) is 6.89. The fourth-order valence-corrected chi connectivity index (χ4v) is 4.42. The Balaban J connectivity index is 2.11. The van der Waals surface area contributed by atoms with Crippen molar-refractivity contribution in [3.63, 3.8) is 0 Å². The molecule has 0 aliphatic heterocycles. The maximum absolute atomic E-state index is 3.71. The smallest absolute Gasteiger partial charge is 0.0248 e. The van der Waals surface area contributed by atoms with Crippen LogP contribution in [0.4, 0.5) is 0 Å². The average Bonchev–Trinajstić information content (AvgIpc) is 2.60. The van der Waals surface area contributed by atoms with Crippen molar-refractivity contribution < 1.29 is 0 Å². The fourth-order valence-electron chi connectivity index (χ4n) is 2.91. The van der Waals surface area contributed by atoms with Gasteiger partial charge in [0.15, 0.2) is 0 Å². The number of thioether (sulfide) groups is 1. The van der Waals surface area contributed by atoms with Crippen molar-refractivity contribution in [3.05, 3.63) is 29.3 Å². The average molecular weight is 277 g/mol. The van der Waals surface area contributed by atoms with Gasteiger partial charge >= 0.3 is 0 Å². The maximum Gasteiger partial charge on any atom is 0.0248 e. The molecule has 0 spiro atoms. The number of benzene rings is 1. The van der Waals surface area contributed by atoms with Gasteiger partial charge in [0.1, 0.15) is 0 Å². The van der Waals surface area contributed by atoms with Crippen molar-refractivity contribution in [3.8, 4) is 0 Å². The van der Waals surface area contributed by atoms with Crippen LogP contribution in [-0.4, -0.2) is 17.8 Å². The highest BCUT2D eigenvalue weighted by molar-refractivity contribution is 8.00. The highest BCUT2D eigenvalue weighted by atomic mass is 32.2. The van der Waals surface area contributed by atoms with Gasteiger partial charge in [-0.05, 0) is 44.9 Å². The largest absolute Gasteiger partial charge is 0.313 e. The van der Waals surface area contributed by atoms with E-state index >= 15 is 0 Å². The Kier molecular flexibility index (Phi) is 5.77. The summed E-state index contributed by atoms with van der Waals surface area (Å²) in [4.78, 5) is 1.48. The molecule has 19 heavy (non-hydrogen) atoms. The third kappa shape index (κ3) is 4.25. The number of rotatable bonds is 4. The minimum atomic E-state index is 0.692. The third-order valence-electron chi connectivity index (χ3n) is 4.04. The molecule has 0 saturated heterocycles. The second kappa shape index (κ2) is 7.35. The van der Waals surface area contributed by atoms with E-state index in [1.165, 1.54) is 48.1 Å². The van der Waals surface area contributed by atoms with E-state index in [1.807, 2.05) is 0 Å². The lowest BCUT2D eigenvalue weighted by atomic mass is 10.1. The Hall–Kier alpha value is -0.470. The summed E-state index contributed by atoms with van der Waals surface area (Å²) in [6, 6.07) is 7.52. The van der Waals surface area contributed by atoms with Crippen molar-refractivity contribution in [2.75, 3.05) is 6.54 Å². The monoisotopic (exact) mass is 277 g/mol. The summed E-state index contributed by atoms with van der Waals surface area (Å²) in [5.74, 6) is 0. The van der Waals surface area contributed by atoms with Gasteiger partial charge in [0.2, 0.25) is 0 Å². The van der Waals surface area contributed by atoms with Crippen LogP contribution >= 0.6 is 11.8 Å². The molecule has 1 aliphatic carbocycles. The Bertz CT molecular complexity index is 402. The van der Waals surface area contributed by atoms with E-state index in [0.29, 0.717) is 6.04 Å². The van der Waals surface area contributed by atoms with Crippen molar-refractivity contribution in [1.29, 1.82) is 0 Å².